The fourth-order valence-corrected chi connectivity index (χ4v) is 4.62. The molecule has 1 aliphatic carbocycles. The largest absolute Gasteiger partial charge is 0.481 e. The molecule has 2 aliphatic rings. The van der Waals surface area contributed by atoms with E-state index in [0.717, 1.165) is 49.4 Å². The number of carbonyl (C=O) groups is 1. The van der Waals surface area contributed by atoms with Gasteiger partial charge in [0.05, 0.1) is 30.3 Å². The number of hydrogen-bond donors (Lipinski definition) is 0. The van der Waals surface area contributed by atoms with Gasteiger partial charge in [0.1, 0.15) is 0 Å². The summed E-state index contributed by atoms with van der Waals surface area (Å²) in [7, 11) is 3.57. The highest BCUT2D eigenvalue weighted by molar-refractivity contribution is 5.85. The Hall–Kier alpha value is -2.30. The van der Waals surface area contributed by atoms with Crippen LogP contribution in [0.1, 0.15) is 53.6 Å². The molecule has 2 heterocycles. The first-order valence-electron chi connectivity index (χ1n) is 9.07. The predicted octanol–water partition coefficient (Wildman–Crippen LogP) is 3.13. The number of benzene rings is 1. The third-order valence-electron chi connectivity index (χ3n) is 5.71. The van der Waals surface area contributed by atoms with Gasteiger partial charge in [0.2, 0.25) is 11.8 Å². The van der Waals surface area contributed by atoms with E-state index in [0.29, 0.717) is 0 Å². The molecule has 0 radical (unpaired) electrons. The molecule has 25 heavy (non-hydrogen) atoms. The number of amides is 1. The van der Waals surface area contributed by atoms with Crippen LogP contribution in [0.2, 0.25) is 0 Å². The Balaban J connectivity index is 1.66. The van der Waals surface area contributed by atoms with E-state index in [1.165, 1.54) is 11.1 Å². The fraction of sp³-hybridized carbons (Fsp3) is 0.500. The molecule has 132 valence electrons. The van der Waals surface area contributed by atoms with Crippen LogP contribution in [0, 0.1) is 6.92 Å². The number of ether oxygens (including phenoxy) is 1. The molecule has 2 atom stereocenters. The number of hydrogen-bond acceptors (Lipinski definition) is 3. The molecule has 1 amide bonds. The minimum atomic E-state index is -0.000211. The minimum Gasteiger partial charge on any atom is -0.481 e. The molecular formula is C20H25N3O2. The highest BCUT2D eigenvalue weighted by atomic mass is 16.5. The molecule has 4 rings (SSSR count). The Labute approximate surface area is 148 Å². The SMILES string of the molecule is COc1c([C@@H]2CCCN2C(=O)[C@H]2CCc3ccccc32)c(C)nn1C. The average Bonchev–Trinajstić information content (AvgIpc) is 3.30. The molecule has 0 spiro atoms. The van der Waals surface area contributed by atoms with Gasteiger partial charge in [0.25, 0.3) is 0 Å². The molecule has 0 saturated carbocycles. The van der Waals surface area contributed by atoms with Crippen molar-refractivity contribution in [2.75, 3.05) is 13.7 Å². The highest BCUT2D eigenvalue weighted by Crippen LogP contribution is 2.42. The monoisotopic (exact) mass is 339 g/mol. The van der Waals surface area contributed by atoms with Crippen LogP contribution < -0.4 is 4.74 Å². The highest BCUT2D eigenvalue weighted by Gasteiger charge is 2.39. The van der Waals surface area contributed by atoms with Gasteiger partial charge >= 0.3 is 0 Å². The molecule has 2 aromatic rings. The zero-order valence-corrected chi connectivity index (χ0v) is 15.2. The second-order valence-corrected chi connectivity index (χ2v) is 7.11. The van der Waals surface area contributed by atoms with E-state index in [1.807, 2.05) is 20.0 Å². The number of likely N-dealkylation sites (tertiary alicyclic amines) is 1. The number of aryl methyl sites for hydroxylation is 3. The lowest BCUT2D eigenvalue weighted by molar-refractivity contribution is -0.133. The number of rotatable bonds is 3. The Morgan fingerprint density at radius 2 is 2.08 bits per heavy atom. The van der Waals surface area contributed by atoms with Crippen LogP contribution in [0.25, 0.3) is 0 Å². The van der Waals surface area contributed by atoms with E-state index in [4.69, 9.17) is 4.74 Å². The lowest BCUT2D eigenvalue weighted by Gasteiger charge is -2.28. The van der Waals surface area contributed by atoms with E-state index in [1.54, 1.807) is 11.8 Å². The van der Waals surface area contributed by atoms with Crippen molar-refractivity contribution in [1.82, 2.24) is 14.7 Å². The van der Waals surface area contributed by atoms with E-state index in [-0.39, 0.29) is 17.9 Å². The Morgan fingerprint density at radius 1 is 1.28 bits per heavy atom. The average molecular weight is 339 g/mol. The van der Waals surface area contributed by atoms with Crippen molar-refractivity contribution in [2.24, 2.45) is 7.05 Å². The van der Waals surface area contributed by atoms with Crippen LogP contribution in [0.5, 0.6) is 5.88 Å². The number of aromatic nitrogens is 2. The van der Waals surface area contributed by atoms with Gasteiger partial charge in [-0.25, -0.2) is 4.68 Å². The third kappa shape index (κ3) is 2.53. The number of fused-ring (bicyclic) bond motifs is 1. The second kappa shape index (κ2) is 6.21. The maximum absolute atomic E-state index is 13.4. The van der Waals surface area contributed by atoms with Gasteiger partial charge in [-0.15, -0.1) is 0 Å². The summed E-state index contributed by atoms with van der Waals surface area (Å²) < 4.78 is 7.36. The lowest BCUT2D eigenvalue weighted by atomic mass is 9.98. The van der Waals surface area contributed by atoms with Crippen molar-refractivity contribution in [3.8, 4) is 5.88 Å². The zero-order valence-electron chi connectivity index (χ0n) is 15.2. The van der Waals surface area contributed by atoms with Crippen molar-refractivity contribution in [3.05, 3.63) is 46.6 Å². The van der Waals surface area contributed by atoms with E-state index in [2.05, 4.69) is 28.2 Å². The smallest absolute Gasteiger partial charge is 0.230 e. The molecule has 0 bridgehead atoms. The molecule has 1 fully saturated rings. The standard InChI is InChI=1S/C20H25N3O2/c1-13-18(20(25-3)22(2)21-13)17-9-6-12-23(17)19(24)16-11-10-14-7-4-5-8-15(14)16/h4-5,7-8,16-17H,6,9-12H2,1-3H3/t16-,17-/m0/s1. The molecule has 0 N–H and O–H groups in total. The lowest BCUT2D eigenvalue weighted by Crippen LogP contribution is -2.34. The zero-order chi connectivity index (χ0) is 17.6. The molecular weight excluding hydrogens is 314 g/mol. The van der Waals surface area contributed by atoms with E-state index in [9.17, 15) is 4.79 Å². The first kappa shape index (κ1) is 16.2. The summed E-state index contributed by atoms with van der Waals surface area (Å²) in [5, 5.41) is 4.51. The van der Waals surface area contributed by atoms with Crippen molar-refractivity contribution in [2.45, 2.75) is 44.6 Å². The summed E-state index contributed by atoms with van der Waals surface area (Å²) in [5.41, 5.74) is 4.57. The summed E-state index contributed by atoms with van der Waals surface area (Å²) >= 11 is 0. The van der Waals surface area contributed by atoms with Crippen LogP contribution >= 0.6 is 0 Å². The third-order valence-corrected chi connectivity index (χ3v) is 5.71. The van der Waals surface area contributed by atoms with Gasteiger partial charge in [-0.05, 0) is 43.7 Å². The molecule has 1 aliphatic heterocycles. The molecule has 1 saturated heterocycles. The van der Waals surface area contributed by atoms with Gasteiger partial charge in [-0.2, -0.15) is 5.10 Å². The summed E-state index contributed by atoms with van der Waals surface area (Å²) in [6.45, 7) is 2.82. The van der Waals surface area contributed by atoms with Crippen molar-refractivity contribution in [1.29, 1.82) is 0 Å². The summed E-state index contributed by atoms with van der Waals surface area (Å²) in [6.07, 6.45) is 3.93. The minimum absolute atomic E-state index is 0.000211. The summed E-state index contributed by atoms with van der Waals surface area (Å²) in [4.78, 5) is 15.4. The van der Waals surface area contributed by atoms with Crippen LogP contribution in [-0.2, 0) is 18.3 Å². The first-order valence-corrected chi connectivity index (χ1v) is 9.07. The molecule has 5 heteroatoms. The van der Waals surface area contributed by atoms with E-state index >= 15 is 0 Å². The van der Waals surface area contributed by atoms with Crippen molar-refractivity contribution >= 4 is 5.91 Å². The Morgan fingerprint density at radius 3 is 2.88 bits per heavy atom. The number of nitrogens with zero attached hydrogens (tertiary/aromatic N) is 3. The van der Waals surface area contributed by atoms with Gasteiger partial charge in [0, 0.05) is 13.6 Å². The molecule has 5 nitrogen and oxygen atoms in total. The van der Waals surface area contributed by atoms with Gasteiger partial charge in [-0.1, -0.05) is 24.3 Å². The van der Waals surface area contributed by atoms with Gasteiger partial charge < -0.3 is 9.64 Å². The second-order valence-electron chi connectivity index (χ2n) is 7.11. The fourth-order valence-electron chi connectivity index (χ4n) is 4.62. The van der Waals surface area contributed by atoms with Crippen LogP contribution in [-0.4, -0.2) is 34.2 Å². The molecule has 1 aromatic heterocycles. The molecule has 0 unspecified atom stereocenters. The van der Waals surface area contributed by atoms with Crippen LogP contribution in [0.4, 0.5) is 0 Å². The van der Waals surface area contributed by atoms with Crippen molar-refractivity contribution < 1.29 is 9.53 Å². The normalized spacial score (nSPS) is 22.3. The van der Waals surface area contributed by atoms with E-state index < -0.39 is 0 Å². The van der Waals surface area contributed by atoms with Gasteiger partial charge in [0.15, 0.2) is 0 Å². The predicted molar refractivity (Wildman–Crippen MR) is 95.7 cm³/mol. The summed E-state index contributed by atoms with van der Waals surface area (Å²) in [5.74, 6) is 1.03. The van der Waals surface area contributed by atoms with Gasteiger partial charge in [-0.3, -0.25) is 4.79 Å². The topological polar surface area (TPSA) is 47.4 Å². The first-order chi connectivity index (χ1) is 12.1. The van der Waals surface area contributed by atoms with Crippen LogP contribution in [0.15, 0.2) is 24.3 Å². The number of carbonyl (C=O) groups excluding carboxylic acids is 1. The summed E-state index contributed by atoms with van der Waals surface area (Å²) in [6, 6.07) is 8.45. The maximum atomic E-state index is 13.4. The number of methoxy groups -OCH3 is 1. The maximum Gasteiger partial charge on any atom is 0.230 e. The quantitative estimate of drug-likeness (QED) is 0.863. The molecule has 1 aromatic carbocycles. The Kier molecular flexibility index (Phi) is 4.02. The van der Waals surface area contributed by atoms with Crippen LogP contribution in [0.3, 0.4) is 0 Å². The Bertz CT molecular complexity index is 811. The van der Waals surface area contributed by atoms with Crippen molar-refractivity contribution in [3.63, 3.8) is 0 Å².